The predicted molar refractivity (Wildman–Crippen MR) is 116 cm³/mol. The number of carbonyl (C=O) groups excluding carboxylic acids is 1. The second kappa shape index (κ2) is 8.51. The number of rotatable bonds is 7. The van der Waals surface area contributed by atoms with Gasteiger partial charge in [-0.1, -0.05) is 6.07 Å². The smallest absolute Gasteiger partial charge is 0.161 e. The summed E-state index contributed by atoms with van der Waals surface area (Å²) in [5.41, 5.74) is 2.76. The van der Waals surface area contributed by atoms with E-state index in [0.29, 0.717) is 11.5 Å². The zero-order valence-electron chi connectivity index (χ0n) is 16.9. The SMILES string of the molecule is COc1ccc(-c2oc3ccc(C(C=O)N4CCCC4)cc3c2SC)cc1OC. The van der Waals surface area contributed by atoms with Gasteiger partial charge in [0.15, 0.2) is 11.5 Å². The average Bonchev–Trinajstić information content (AvgIpc) is 3.41. The Morgan fingerprint density at radius 2 is 1.83 bits per heavy atom. The van der Waals surface area contributed by atoms with Crippen LogP contribution in [0.15, 0.2) is 45.7 Å². The van der Waals surface area contributed by atoms with Gasteiger partial charge in [0.05, 0.1) is 25.2 Å². The monoisotopic (exact) mass is 411 g/mol. The topological polar surface area (TPSA) is 51.9 Å². The molecule has 1 saturated heterocycles. The van der Waals surface area contributed by atoms with Crippen LogP contribution in [0.5, 0.6) is 11.5 Å². The van der Waals surface area contributed by atoms with Crippen molar-refractivity contribution in [1.82, 2.24) is 4.90 Å². The van der Waals surface area contributed by atoms with Gasteiger partial charge in [0.25, 0.3) is 0 Å². The second-order valence-electron chi connectivity index (χ2n) is 7.11. The lowest BCUT2D eigenvalue weighted by Gasteiger charge is -2.22. The highest BCUT2D eigenvalue weighted by Crippen LogP contribution is 2.42. The maximum absolute atomic E-state index is 11.8. The standard InChI is InChI=1S/C23H25NO4S/c1-26-20-9-7-16(13-21(20)27-2)22-23(29-3)17-12-15(6-8-19(17)28-22)18(14-25)24-10-4-5-11-24/h6-9,12-14,18H,4-5,10-11H2,1-3H3. The third-order valence-electron chi connectivity index (χ3n) is 5.52. The van der Waals surface area contributed by atoms with Gasteiger partial charge in [-0.25, -0.2) is 0 Å². The van der Waals surface area contributed by atoms with Crippen molar-refractivity contribution in [3.8, 4) is 22.8 Å². The van der Waals surface area contributed by atoms with Crippen molar-refractivity contribution < 1.29 is 18.7 Å². The molecule has 1 fully saturated rings. The van der Waals surface area contributed by atoms with Crippen molar-refractivity contribution in [2.45, 2.75) is 23.8 Å². The van der Waals surface area contributed by atoms with Crippen molar-refractivity contribution in [2.24, 2.45) is 0 Å². The quantitative estimate of drug-likeness (QED) is 0.395. The molecule has 3 aromatic rings. The van der Waals surface area contributed by atoms with Crippen LogP contribution in [0.3, 0.4) is 0 Å². The molecule has 2 aromatic carbocycles. The fourth-order valence-electron chi connectivity index (χ4n) is 4.04. The molecule has 0 aliphatic carbocycles. The van der Waals surface area contributed by atoms with Crippen LogP contribution in [0.1, 0.15) is 24.4 Å². The van der Waals surface area contributed by atoms with Crippen LogP contribution in [0, 0.1) is 0 Å². The highest BCUT2D eigenvalue weighted by molar-refractivity contribution is 7.99. The summed E-state index contributed by atoms with van der Waals surface area (Å²) in [5, 5.41) is 1.03. The third-order valence-corrected chi connectivity index (χ3v) is 6.33. The molecule has 0 amide bonds. The first-order valence-electron chi connectivity index (χ1n) is 9.72. The molecular formula is C23H25NO4S. The molecular weight excluding hydrogens is 386 g/mol. The Balaban J connectivity index is 1.80. The van der Waals surface area contributed by atoms with Gasteiger partial charge in [-0.2, -0.15) is 0 Å². The molecule has 0 radical (unpaired) electrons. The van der Waals surface area contributed by atoms with E-state index in [2.05, 4.69) is 11.0 Å². The molecule has 6 heteroatoms. The third kappa shape index (κ3) is 3.63. The number of likely N-dealkylation sites (tertiary alicyclic amines) is 1. The number of methoxy groups -OCH3 is 2. The number of carbonyl (C=O) groups is 1. The van der Waals surface area contributed by atoms with Gasteiger partial charge >= 0.3 is 0 Å². The first kappa shape index (κ1) is 19.9. The highest BCUT2D eigenvalue weighted by atomic mass is 32.2. The summed E-state index contributed by atoms with van der Waals surface area (Å²) in [5.74, 6) is 2.14. The van der Waals surface area contributed by atoms with E-state index in [1.54, 1.807) is 26.0 Å². The fraction of sp³-hybridized carbons (Fsp3) is 0.348. The molecule has 0 N–H and O–H groups in total. The number of thioether (sulfide) groups is 1. The van der Waals surface area contributed by atoms with Gasteiger partial charge in [0, 0.05) is 10.9 Å². The van der Waals surface area contributed by atoms with Crippen LogP contribution in [-0.4, -0.2) is 44.8 Å². The van der Waals surface area contributed by atoms with Gasteiger partial charge in [-0.3, -0.25) is 4.90 Å². The number of furan rings is 1. The Hall–Kier alpha value is -2.44. The summed E-state index contributed by atoms with van der Waals surface area (Å²) in [6.45, 7) is 1.94. The van der Waals surface area contributed by atoms with Gasteiger partial charge in [0.2, 0.25) is 0 Å². The number of hydrogen-bond donors (Lipinski definition) is 0. The van der Waals surface area contributed by atoms with Crippen molar-refractivity contribution >= 4 is 29.0 Å². The summed E-state index contributed by atoms with van der Waals surface area (Å²) in [4.78, 5) is 15.2. The van der Waals surface area contributed by atoms with E-state index >= 15 is 0 Å². The molecule has 0 spiro atoms. The molecule has 0 bridgehead atoms. The molecule has 29 heavy (non-hydrogen) atoms. The van der Waals surface area contributed by atoms with Crippen LogP contribution < -0.4 is 9.47 Å². The van der Waals surface area contributed by atoms with Crippen LogP contribution in [0.2, 0.25) is 0 Å². The maximum atomic E-state index is 11.8. The lowest BCUT2D eigenvalue weighted by Crippen LogP contribution is -2.26. The lowest BCUT2D eigenvalue weighted by molar-refractivity contribution is -0.112. The number of aldehydes is 1. The van der Waals surface area contributed by atoms with E-state index in [-0.39, 0.29) is 6.04 Å². The molecule has 152 valence electrons. The van der Waals surface area contributed by atoms with Gasteiger partial charge < -0.3 is 18.7 Å². The van der Waals surface area contributed by atoms with E-state index in [4.69, 9.17) is 13.9 Å². The van der Waals surface area contributed by atoms with Crippen molar-refractivity contribution in [3.05, 3.63) is 42.0 Å². The molecule has 5 nitrogen and oxygen atoms in total. The molecule has 1 unspecified atom stereocenters. The Morgan fingerprint density at radius 1 is 1.07 bits per heavy atom. The van der Waals surface area contributed by atoms with Crippen molar-refractivity contribution in [1.29, 1.82) is 0 Å². The number of fused-ring (bicyclic) bond motifs is 1. The van der Waals surface area contributed by atoms with Crippen LogP contribution >= 0.6 is 11.8 Å². The van der Waals surface area contributed by atoms with E-state index in [0.717, 1.165) is 65.0 Å². The van der Waals surface area contributed by atoms with Crippen LogP contribution in [-0.2, 0) is 4.79 Å². The molecule has 1 aliphatic heterocycles. The summed E-state index contributed by atoms with van der Waals surface area (Å²) < 4.78 is 17.0. The van der Waals surface area contributed by atoms with E-state index in [1.807, 2.05) is 36.6 Å². The highest BCUT2D eigenvalue weighted by Gasteiger charge is 2.24. The zero-order chi connectivity index (χ0) is 20.4. The minimum absolute atomic E-state index is 0.198. The summed E-state index contributed by atoms with van der Waals surface area (Å²) in [6, 6.07) is 11.7. The van der Waals surface area contributed by atoms with E-state index in [1.165, 1.54) is 0 Å². The number of nitrogens with zero attached hydrogens (tertiary/aromatic N) is 1. The van der Waals surface area contributed by atoms with Crippen LogP contribution in [0.4, 0.5) is 0 Å². The normalized spacial score (nSPS) is 15.6. The Morgan fingerprint density at radius 3 is 2.48 bits per heavy atom. The zero-order valence-corrected chi connectivity index (χ0v) is 17.8. The molecule has 1 aliphatic rings. The molecule has 4 rings (SSSR count). The molecule has 1 atom stereocenters. The predicted octanol–water partition coefficient (Wildman–Crippen LogP) is 5.17. The Kier molecular flexibility index (Phi) is 5.83. The Bertz CT molecular complexity index is 1020. The maximum Gasteiger partial charge on any atom is 0.161 e. The average molecular weight is 412 g/mol. The van der Waals surface area contributed by atoms with E-state index in [9.17, 15) is 4.79 Å². The lowest BCUT2D eigenvalue weighted by atomic mass is 10.0. The largest absolute Gasteiger partial charge is 0.493 e. The van der Waals surface area contributed by atoms with Crippen molar-refractivity contribution in [3.63, 3.8) is 0 Å². The first-order chi connectivity index (χ1) is 14.2. The summed E-state index contributed by atoms with van der Waals surface area (Å²) >= 11 is 1.64. The van der Waals surface area contributed by atoms with Crippen LogP contribution in [0.25, 0.3) is 22.3 Å². The molecule has 0 saturated carbocycles. The van der Waals surface area contributed by atoms with E-state index < -0.39 is 0 Å². The number of ether oxygens (including phenoxy) is 2. The summed E-state index contributed by atoms with van der Waals surface area (Å²) in [6.07, 6.45) is 5.40. The van der Waals surface area contributed by atoms with Gasteiger partial charge in [0.1, 0.15) is 17.6 Å². The number of hydrogen-bond acceptors (Lipinski definition) is 6. The molecule has 1 aromatic heterocycles. The van der Waals surface area contributed by atoms with Gasteiger partial charge in [-0.15, -0.1) is 11.8 Å². The second-order valence-corrected chi connectivity index (χ2v) is 7.93. The molecule has 2 heterocycles. The Labute approximate surface area is 175 Å². The number of benzene rings is 2. The minimum Gasteiger partial charge on any atom is -0.493 e. The minimum atomic E-state index is -0.198. The fourth-order valence-corrected chi connectivity index (χ4v) is 4.77. The van der Waals surface area contributed by atoms with Gasteiger partial charge in [-0.05, 0) is 68.1 Å². The first-order valence-corrected chi connectivity index (χ1v) is 10.9. The summed E-state index contributed by atoms with van der Waals surface area (Å²) in [7, 11) is 3.25. The van der Waals surface area contributed by atoms with Crippen molar-refractivity contribution in [2.75, 3.05) is 33.6 Å².